The van der Waals surface area contributed by atoms with Gasteiger partial charge in [-0.05, 0) is 30.9 Å². The largest absolute Gasteiger partial charge is 0.383 e. The Bertz CT molecular complexity index is 633. The van der Waals surface area contributed by atoms with Crippen molar-refractivity contribution < 1.29 is 0 Å². The number of rotatable bonds is 5. The van der Waals surface area contributed by atoms with Crippen molar-refractivity contribution in [2.24, 2.45) is 5.92 Å². The first-order valence-corrected chi connectivity index (χ1v) is 7.45. The molecule has 2 heterocycles. The summed E-state index contributed by atoms with van der Waals surface area (Å²) in [6.07, 6.45) is 4.28. The summed E-state index contributed by atoms with van der Waals surface area (Å²) in [6.45, 7) is 1.41. The minimum absolute atomic E-state index is 0.0923. The molecule has 1 fully saturated rings. The van der Waals surface area contributed by atoms with Crippen LogP contribution in [0.4, 0.5) is 5.69 Å². The summed E-state index contributed by atoms with van der Waals surface area (Å²) >= 11 is 7.34. The Labute approximate surface area is 120 Å². The first-order valence-electron chi connectivity index (χ1n) is 6.26. The molecule has 19 heavy (non-hydrogen) atoms. The van der Waals surface area contributed by atoms with Crippen LogP contribution in [0.5, 0.6) is 0 Å². The molecule has 0 unspecified atom stereocenters. The van der Waals surface area contributed by atoms with Crippen molar-refractivity contribution >= 4 is 28.6 Å². The molecule has 6 heteroatoms. The van der Waals surface area contributed by atoms with E-state index in [1.165, 1.54) is 28.9 Å². The van der Waals surface area contributed by atoms with Crippen molar-refractivity contribution in [3.05, 3.63) is 44.0 Å². The van der Waals surface area contributed by atoms with Gasteiger partial charge in [0.25, 0.3) is 5.56 Å². The highest BCUT2D eigenvalue weighted by Crippen LogP contribution is 2.28. The van der Waals surface area contributed by atoms with Gasteiger partial charge >= 0.3 is 0 Å². The van der Waals surface area contributed by atoms with Gasteiger partial charge in [0.1, 0.15) is 0 Å². The summed E-state index contributed by atoms with van der Waals surface area (Å²) in [6, 6.07) is 5.35. The van der Waals surface area contributed by atoms with Crippen LogP contribution in [0.25, 0.3) is 0 Å². The normalized spacial score (nSPS) is 14.6. The molecule has 0 radical (unpaired) electrons. The lowest BCUT2D eigenvalue weighted by Crippen LogP contribution is -2.23. The summed E-state index contributed by atoms with van der Waals surface area (Å²) in [5.41, 5.74) is 0.711. The summed E-state index contributed by atoms with van der Waals surface area (Å²) in [4.78, 5) is 13.0. The summed E-state index contributed by atoms with van der Waals surface area (Å²) in [7, 11) is 0. The van der Waals surface area contributed by atoms with Crippen molar-refractivity contribution in [2.75, 3.05) is 11.9 Å². The maximum Gasteiger partial charge on any atom is 0.269 e. The Morgan fingerprint density at radius 1 is 1.47 bits per heavy atom. The van der Waals surface area contributed by atoms with Crippen LogP contribution < -0.4 is 10.9 Å². The summed E-state index contributed by atoms with van der Waals surface area (Å²) < 4.78 is 2.18. The molecule has 0 bridgehead atoms. The minimum Gasteiger partial charge on any atom is -0.383 e. The lowest BCUT2D eigenvalue weighted by molar-refractivity contribution is 0.645. The van der Waals surface area contributed by atoms with E-state index in [1.54, 1.807) is 12.3 Å². The lowest BCUT2D eigenvalue weighted by Gasteiger charge is -2.06. The van der Waals surface area contributed by atoms with E-state index in [1.807, 2.05) is 12.1 Å². The van der Waals surface area contributed by atoms with Gasteiger partial charge in [-0.15, -0.1) is 11.3 Å². The fraction of sp³-hybridized carbons (Fsp3) is 0.385. The fourth-order valence-corrected chi connectivity index (χ4v) is 2.89. The number of halogens is 1. The average molecular weight is 296 g/mol. The lowest BCUT2D eigenvalue weighted by atomic mass is 10.4. The van der Waals surface area contributed by atoms with Gasteiger partial charge in [-0.25, -0.2) is 4.68 Å². The highest BCUT2D eigenvalue weighted by Gasteiger charge is 2.20. The van der Waals surface area contributed by atoms with Crippen LogP contribution in [0.2, 0.25) is 4.34 Å². The van der Waals surface area contributed by atoms with Crippen LogP contribution >= 0.6 is 22.9 Å². The number of anilines is 1. The second-order valence-corrected chi connectivity index (χ2v) is 6.57. The second kappa shape index (κ2) is 5.35. The number of hydrogen-bond donors (Lipinski definition) is 1. The maximum atomic E-state index is 11.9. The molecule has 1 N–H and O–H groups in total. The van der Waals surface area contributed by atoms with E-state index in [4.69, 9.17) is 11.6 Å². The molecule has 100 valence electrons. The number of nitrogens with zero attached hydrogens (tertiary/aromatic N) is 2. The van der Waals surface area contributed by atoms with Gasteiger partial charge in [-0.2, -0.15) is 5.10 Å². The number of hydrogen-bond acceptors (Lipinski definition) is 4. The van der Waals surface area contributed by atoms with E-state index in [2.05, 4.69) is 10.4 Å². The molecule has 1 saturated carbocycles. The quantitative estimate of drug-likeness (QED) is 0.923. The van der Waals surface area contributed by atoms with Crippen molar-refractivity contribution in [3.8, 4) is 0 Å². The smallest absolute Gasteiger partial charge is 0.269 e. The van der Waals surface area contributed by atoms with E-state index in [9.17, 15) is 4.79 Å². The molecule has 0 saturated heterocycles. The molecule has 0 spiro atoms. The van der Waals surface area contributed by atoms with Gasteiger partial charge in [0.05, 0.1) is 22.8 Å². The molecule has 4 nitrogen and oxygen atoms in total. The fourth-order valence-electron chi connectivity index (χ4n) is 1.82. The molecular weight excluding hydrogens is 282 g/mol. The third-order valence-corrected chi connectivity index (χ3v) is 4.31. The molecule has 2 aromatic heterocycles. The third kappa shape index (κ3) is 3.36. The predicted octanol–water partition coefficient (Wildman–Crippen LogP) is 2.83. The predicted molar refractivity (Wildman–Crippen MR) is 78.1 cm³/mol. The molecule has 1 aliphatic rings. The van der Waals surface area contributed by atoms with Crippen molar-refractivity contribution in [1.29, 1.82) is 0 Å². The molecule has 1 aliphatic carbocycles. The zero-order valence-corrected chi connectivity index (χ0v) is 11.9. The average Bonchev–Trinajstić information content (AvgIpc) is 3.13. The van der Waals surface area contributed by atoms with E-state index in [-0.39, 0.29) is 5.56 Å². The van der Waals surface area contributed by atoms with Crippen molar-refractivity contribution in [2.45, 2.75) is 19.4 Å². The molecule has 2 aromatic rings. The Balaban J connectivity index is 1.69. The highest BCUT2D eigenvalue weighted by molar-refractivity contribution is 7.16. The topological polar surface area (TPSA) is 46.9 Å². The van der Waals surface area contributed by atoms with Crippen molar-refractivity contribution in [1.82, 2.24) is 9.78 Å². The van der Waals surface area contributed by atoms with Crippen LogP contribution in [0.15, 0.2) is 29.2 Å². The molecule has 0 atom stereocenters. The summed E-state index contributed by atoms with van der Waals surface area (Å²) in [5, 5.41) is 7.43. The standard InChI is InChI=1S/C13H14ClN3OS/c14-12-4-3-11(19-12)8-17-13(18)5-10(7-16-17)15-6-9-1-2-9/h3-5,7,9,15H,1-2,6,8H2. The monoisotopic (exact) mass is 295 g/mol. The van der Waals surface area contributed by atoms with Crippen LogP contribution in [-0.2, 0) is 6.54 Å². The first kappa shape index (κ1) is 12.7. The third-order valence-electron chi connectivity index (χ3n) is 3.10. The Hall–Kier alpha value is -1.33. The summed E-state index contributed by atoms with van der Waals surface area (Å²) in [5.74, 6) is 0.774. The number of nitrogens with one attached hydrogen (secondary N) is 1. The molecule has 3 rings (SSSR count). The van der Waals surface area contributed by atoms with E-state index >= 15 is 0 Å². The zero-order valence-electron chi connectivity index (χ0n) is 10.3. The van der Waals surface area contributed by atoms with Crippen LogP contribution in [0.3, 0.4) is 0 Å². The van der Waals surface area contributed by atoms with Crippen LogP contribution in [-0.4, -0.2) is 16.3 Å². The SMILES string of the molecule is O=c1cc(NCC2CC2)cnn1Cc1ccc(Cl)s1. The molecule has 0 aliphatic heterocycles. The number of thiophene rings is 1. The maximum absolute atomic E-state index is 11.9. The molecule has 0 amide bonds. The second-order valence-electron chi connectivity index (χ2n) is 4.77. The van der Waals surface area contributed by atoms with Gasteiger partial charge in [0.2, 0.25) is 0 Å². The Morgan fingerprint density at radius 2 is 2.32 bits per heavy atom. The number of aromatic nitrogens is 2. The first-order chi connectivity index (χ1) is 9.20. The zero-order chi connectivity index (χ0) is 13.2. The van der Waals surface area contributed by atoms with Gasteiger partial charge in [0, 0.05) is 17.5 Å². The van der Waals surface area contributed by atoms with E-state index in [0.717, 1.165) is 27.4 Å². The molecular formula is C13H14ClN3OS. The van der Waals surface area contributed by atoms with Crippen LogP contribution in [0, 0.1) is 5.92 Å². The van der Waals surface area contributed by atoms with Crippen molar-refractivity contribution in [3.63, 3.8) is 0 Å². The Kier molecular flexibility index (Phi) is 3.57. The van der Waals surface area contributed by atoms with Gasteiger partial charge in [0.15, 0.2) is 0 Å². The highest BCUT2D eigenvalue weighted by atomic mass is 35.5. The van der Waals surface area contributed by atoms with Crippen LogP contribution in [0.1, 0.15) is 17.7 Å². The molecule has 0 aromatic carbocycles. The van der Waals surface area contributed by atoms with Gasteiger partial charge in [-0.1, -0.05) is 11.6 Å². The minimum atomic E-state index is -0.0923. The van der Waals surface area contributed by atoms with Gasteiger partial charge < -0.3 is 5.32 Å². The van der Waals surface area contributed by atoms with Gasteiger partial charge in [-0.3, -0.25) is 4.79 Å². The van der Waals surface area contributed by atoms with E-state index in [0.29, 0.717) is 6.54 Å². The Morgan fingerprint density at radius 3 is 2.95 bits per heavy atom. The van der Waals surface area contributed by atoms with E-state index < -0.39 is 0 Å².